The molecule has 0 spiro atoms. The molecular weight excluding hydrogens is 278 g/mol. The molecule has 1 aromatic carbocycles. The molecule has 0 aliphatic carbocycles. The quantitative estimate of drug-likeness (QED) is 0.630. The molecule has 4 aromatic rings. The molecule has 3 heterocycles. The minimum absolute atomic E-state index is 0.482. The van der Waals surface area contributed by atoms with Gasteiger partial charge in [0.15, 0.2) is 0 Å². The molecule has 0 aliphatic rings. The van der Waals surface area contributed by atoms with Crippen molar-refractivity contribution < 1.29 is 4.52 Å². The van der Waals surface area contributed by atoms with Crippen LogP contribution in [0, 0.1) is 13.8 Å². The smallest absolute Gasteiger partial charge is 0.248 e. The fourth-order valence-corrected chi connectivity index (χ4v) is 2.67. The molecule has 0 unspecified atom stereocenters. The summed E-state index contributed by atoms with van der Waals surface area (Å²) in [5.41, 5.74) is 4.07. The molecule has 0 saturated carbocycles. The lowest BCUT2D eigenvalue weighted by molar-refractivity contribution is 0.364. The number of benzene rings is 1. The molecule has 0 saturated heterocycles. The molecule has 0 amide bonds. The largest absolute Gasteiger partial charge is 0.361 e. The molecule has 3 aromatic heterocycles. The third kappa shape index (κ3) is 2.09. The van der Waals surface area contributed by atoms with E-state index in [1.807, 2.05) is 55.1 Å². The van der Waals surface area contributed by atoms with E-state index in [9.17, 15) is 0 Å². The van der Waals surface area contributed by atoms with Crippen molar-refractivity contribution >= 4 is 10.9 Å². The average Bonchev–Trinajstić information content (AvgIpc) is 3.20. The molecule has 4 rings (SSSR count). The van der Waals surface area contributed by atoms with E-state index >= 15 is 0 Å². The number of aromatic nitrogens is 5. The number of fused-ring (bicyclic) bond motifs is 1. The number of nitrogens with one attached hydrogen (secondary N) is 1. The predicted molar refractivity (Wildman–Crippen MR) is 82.4 cm³/mol. The number of rotatable bonds is 3. The maximum Gasteiger partial charge on any atom is 0.248 e. The Morgan fingerprint density at radius 3 is 2.95 bits per heavy atom. The zero-order valence-corrected chi connectivity index (χ0v) is 12.4. The van der Waals surface area contributed by atoms with E-state index in [0.29, 0.717) is 18.3 Å². The Hall–Kier alpha value is -2.89. The van der Waals surface area contributed by atoms with Crippen LogP contribution in [0.4, 0.5) is 0 Å². The minimum atomic E-state index is 0.482. The van der Waals surface area contributed by atoms with Crippen molar-refractivity contribution in [3.8, 4) is 11.4 Å². The van der Waals surface area contributed by atoms with Crippen molar-refractivity contribution in [3.05, 3.63) is 53.8 Å². The Kier molecular flexibility index (Phi) is 2.82. The first-order valence-electron chi connectivity index (χ1n) is 7.11. The van der Waals surface area contributed by atoms with Gasteiger partial charge in [-0.15, -0.1) is 0 Å². The van der Waals surface area contributed by atoms with E-state index in [-0.39, 0.29) is 0 Å². The summed E-state index contributed by atoms with van der Waals surface area (Å²) in [4.78, 5) is 7.69. The Morgan fingerprint density at radius 2 is 2.14 bits per heavy atom. The van der Waals surface area contributed by atoms with Crippen LogP contribution < -0.4 is 0 Å². The van der Waals surface area contributed by atoms with Gasteiger partial charge in [0, 0.05) is 28.4 Å². The first-order chi connectivity index (χ1) is 10.7. The SMILES string of the molecule is Cc1cc(C)n(Cc2nc(-c3cccc4[nH]ccc34)no2)n1. The standard InChI is InChI=1S/C16H15N5O/c1-10-8-11(2)21(19-10)9-15-18-16(20-22-15)13-4-3-5-14-12(13)6-7-17-14/h3-8,17H,9H2,1-2H3. The highest BCUT2D eigenvalue weighted by molar-refractivity contribution is 5.93. The van der Waals surface area contributed by atoms with Crippen molar-refractivity contribution in [3.63, 3.8) is 0 Å². The second kappa shape index (κ2) is 4.84. The van der Waals surface area contributed by atoms with Gasteiger partial charge in [-0.25, -0.2) is 0 Å². The molecule has 0 aliphatic heterocycles. The molecule has 110 valence electrons. The summed E-state index contributed by atoms with van der Waals surface area (Å²) in [6, 6.07) is 10.0. The monoisotopic (exact) mass is 293 g/mol. The van der Waals surface area contributed by atoms with Gasteiger partial charge in [-0.05, 0) is 32.0 Å². The molecule has 0 fully saturated rings. The Balaban J connectivity index is 1.69. The Labute approximate surface area is 126 Å². The van der Waals surface area contributed by atoms with Gasteiger partial charge in [0.05, 0.1) is 5.69 Å². The van der Waals surface area contributed by atoms with Gasteiger partial charge in [-0.3, -0.25) is 4.68 Å². The highest BCUT2D eigenvalue weighted by atomic mass is 16.5. The molecule has 6 heteroatoms. The summed E-state index contributed by atoms with van der Waals surface area (Å²) in [6.45, 7) is 4.46. The van der Waals surface area contributed by atoms with Crippen LogP contribution in [0.3, 0.4) is 0 Å². The lowest BCUT2D eigenvalue weighted by Crippen LogP contribution is -2.04. The summed E-state index contributed by atoms with van der Waals surface area (Å²) in [7, 11) is 0. The lowest BCUT2D eigenvalue weighted by Gasteiger charge is -1.99. The van der Waals surface area contributed by atoms with Crippen molar-refractivity contribution in [2.45, 2.75) is 20.4 Å². The van der Waals surface area contributed by atoms with Crippen molar-refractivity contribution in [1.29, 1.82) is 0 Å². The van der Waals surface area contributed by atoms with E-state index in [2.05, 4.69) is 20.2 Å². The fourth-order valence-electron chi connectivity index (χ4n) is 2.67. The van der Waals surface area contributed by atoms with Gasteiger partial charge in [0.1, 0.15) is 6.54 Å². The van der Waals surface area contributed by atoms with Crippen LogP contribution in [-0.4, -0.2) is 24.9 Å². The maximum atomic E-state index is 5.38. The van der Waals surface area contributed by atoms with Gasteiger partial charge in [-0.1, -0.05) is 17.3 Å². The number of hydrogen-bond donors (Lipinski definition) is 1. The Morgan fingerprint density at radius 1 is 1.23 bits per heavy atom. The minimum Gasteiger partial charge on any atom is -0.361 e. The van der Waals surface area contributed by atoms with Gasteiger partial charge in [0.2, 0.25) is 11.7 Å². The predicted octanol–water partition coefficient (Wildman–Crippen LogP) is 3.08. The number of aryl methyl sites for hydroxylation is 2. The van der Waals surface area contributed by atoms with Crippen LogP contribution in [0.1, 0.15) is 17.3 Å². The molecular formula is C16H15N5O. The maximum absolute atomic E-state index is 5.38. The average molecular weight is 293 g/mol. The first-order valence-corrected chi connectivity index (χ1v) is 7.11. The van der Waals surface area contributed by atoms with Crippen molar-refractivity contribution in [2.75, 3.05) is 0 Å². The molecule has 22 heavy (non-hydrogen) atoms. The van der Waals surface area contributed by atoms with Crippen LogP contribution in [0.15, 0.2) is 41.1 Å². The highest BCUT2D eigenvalue weighted by Gasteiger charge is 2.13. The van der Waals surface area contributed by atoms with Gasteiger partial charge in [-0.2, -0.15) is 10.1 Å². The third-order valence-corrected chi connectivity index (χ3v) is 3.69. The van der Waals surface area contributed by atoms with Gasteiger partial charge in [0.25, 0.3) is 0 Å². The molecule has 0 bridgehead atoms. The topological polar surface area (TPSA) is 72.5 Å². The zero-order chi connectivity index (χ0) is 15.1. The number of nitrogens with zero attached hydrogens (tertiary/aromatic N) is 4. The van der Waals surface area contributed by atoms with Crippen LogP contribution in [0.25, 0.3) is 22.3 Å². The van der Waals surface area contributed by atoms with E-state index in [1.54, 1.807) is 0 Å². The summed E-state index contributed by atoms with van der Waals surface area (Å²) >= 11 is 0. The third-order valence-electron chi connectivity index (χ3n) is 3.69. The van der Waals surface area contributed by atoms with Gasteiger partial charge < -0.3 is 9.51 Å². The van der Waals surface area contributed by atoms with E-state index in [4.69, 9.17) is 4.52 Å². The summed E-state index contributed by atoms with van der Waals surface area (Å²) < 4.78 is 7.25. The summed E-state index contributed by atoms with van der Waals surface area (Å²) in [5.74, 6) is 1.15. The van der Waals surface area contributed by atoms with E-state index in [0.717, 1.165) is 27.9 Å². The molecule has 0 atom stereocenters. The van der Waals surface area contributed by atoms with Crippen molar-refractivity contribution in [1.82, 2.24) is 24.9 Å². The molecule has 1 N–H and O–H groups in total. The van der Waals surface area contributed by atoms with Crippen LogP contribution >= 0.6 is 0 Å². The second-order valence-electron chi connectivity index (χ2n) is 5.34. The number of aromatic amines is 1. The van der Waals surface area contributed by atoms with E-state index < -0.39 is 0 Å². The normalized spacial score (nSPS) is 11.4. The Bertz CT molecular complexity index is 946. The van der Waals surface area contributed by atoms with E-state index in [1.165, 1.54) is 0 Å². The summed E-state index contributed by atoms with van der Waals surface area (Å²) in [5, 5.41) is 9.60. The van der Waals surface area contributed by atoms with Crippen LogP contribution in [-0.2, 0) is 6.54 Å². The number of hydrogen-bond acceptors (Lipinski definition) is 4. The van der Waals surface area contributed by atoms with Crippen molar-refractivity contribution in [2.24, 2.45) is 0 Å². The summed E-state index contributed by atoms with van der Waals surface area (Å²) in [6.07, 6.45) is 1.91. The second-order valence-corrected chi connectivity index (χ2v) is 5.34. The number of H-pyrrole nitrogens is 1. The fraction of sp³-hybridized carbons (Fsp3) is 0.188. The van der Waals surface area contributed by atoms with Crippen LogP contribution in [0.5, 0.6) is 0 Å². The van der Waals surface area contributed by atoms with Crippen LogP contribution in [0.2, 0.25) is 0 Å². The van der Waals surface area contributed by atoms with Gasteiger partial charge >= 0.3 is 0 Å². The molecule has 0 radical (unpaired) electrons. The highest BCUT2D eigenvalue weighted by Crippen LogP contribution is 2.25. The zero-order valence-electron chi connectivity index (χ0n) is 12.4. The lowest BCUT2D eigenvalue weighted by atomic mass is 10.1. The molecule has 6 nitrogen and oxygen atoms in total. The first kappa shape index (κ1) is 12.8.